The van der Waals surface area contributed by atoms with E-state index in [1.165, 1.54) is 6.07 Å². The molecule has 0 saturated carbocycles. The van der Waals surface area contributed by atoms with Gasteiger partial charge in [-0.3, -0.25) is 4.90 Å². The van der Waals surface area contributed by atoms with E-state index in [9.17, 15) is 13.9 Å². The predicted molar refractivity (Wildman–Crippen MR) is 136 cm³/mol. The summed E-state index contributed by atoms with van der Waals surface area (Å²) in [5, 5.41) is 15.7. The summed E-state index contributed by atoms with van der Waals surface area (Å²) in [4.78, 5) is 17.1. The van der Waals surface area contributed by atoms with E-state index in [1.54, 1.807) is 12.3 Å². The molecule has 2 aliphatic heterocycles. The van der Waals surface area contributed by atoms with Crippen LogP contribution in [-0.2, 0) is 6.54 Å². The van der Waals surface area contributed by atoms with Gasteiger partial charge in [-0.25, -0.2) is 23.7 Å². The zero-order chi connectivity index (χ0) is 25.4. The molecule has 8 nitrogen and oxygen atoms in total. The summed E-state index contributed by atoms with van der Waals surface area (Å²) in [5.41, 5.74) is 2.48. The van der Waals surface area contributed by atoms with Crippen LogP contribution < -0.4 is 15.5 Å². The van der Waals surface area contributed by atoms with Crippen LogP contribution in [0.3, 0.4) is 0 Å². The van der Waals surface area contributed by atoms with Crippen LogP contribution in [0.25, 0.3) is 11.3 Å². The molecule has 5 rings (SSSR count). The number of anilines is 4. The number of rotatable bonds is 7. The summed E-state index contributed by atoms with van der Waals surface area (Å²) in [6.07, 6.45) is 4.86. The Labute approximate surface area is 209 Å². The van der Waals surface area contributed by atoms with Gasteiger partial charge < -0.3 is 20.6 Å². The molecule has 3 aromatic rings. The summed E-state index contributed by atoms with van der Waals surface area (Å²) in [7, 11) is 0. The molecule has 2 atom stereocenters. The predicted octanol–water partition coefficient (Wildman–Crippen LogP) is 4.50. The Balaban J connectivity index is 1.36. The van der Waals surface area contributed by atoms with Gasteiger partial charge in [0.05, 0.1) is 30.3 Å². The number of halogens is 2. The Morgan fingerprint density at radius 2 is 2.00 bits per heavy atom. The van der Waals surface area contributed by atoms with Crippen LogP contribution in [-0.4, -0.2) is 56.4 Å². The molecule has 10 heteroatoms. The van der Waals surface area contributed by atoms with E-state index in [-0.39, 0.29) is 36.5 Å². The number of fused-ring (bicyclic) bond motifs is 1. The normalized spacial score (nSPS) is 19.6. The first-order valence-corrected chi connectivity index (χ1v) is 12.3. The zero-order valence-electron chi connectivity index (χ0n) is 20.7. The largest absolute Gasteiger partial charge is 0.395 e. The van der Waals surface area contributed by atoms with Crippen LogP contribution in [0.2, 0.25) is 0 Å². The molecular formula is C26H31F2N7O. The molecule has 0 radical (unpaired) electrons. The highest BCUT2D eigenvalue weighted by Gasteiger charge is 2.31. The SMILES string of the molecule is CC(C)N1c2cc(-c3nc(Nc4ccc(CN5CCCC5CO)cn4)ncc3F)cc(F)c2NC1C. The first-order chi connectivity index (χ1) is 17.3. The van der Waals surface area contributed by atoms with Gasteiger partial charge >= 0.3 is 0 Å². The molecule has 2 unspecified atom stereocenters. The first-order valence-electron chi connectivity index (χ1n) is 12.3. The molecule has 3 N–H and O–H groups in total. The molecule has 1 saturated heterocycles. The minimum atomic E-state index is -0.637. The average Bonchev–Trinajstić information content (AvgIpc) is 3.44. The topological polar surface area (TPSA) is 89.4 Å². The van der Waals surface area contributed by atoms with Crippen molar-refractivity contribution in [3.63, 3.8) is 0 Å². The first kappa shape index (κ1) is 24.3. The van der Waals surface area contributed by atoms with E-state index >= 15 is 0 Å². The van der Waals surface area contributed by atoms with Crippen molar-refractivity contribution in [1.29, 1.82) is 0 Å². The Morgan fingerprint density at radius 1 is 1.17 bits per heavy atom. The van der Waals surface area contributed by atoms with Crippen molar-refractivity contribution in [2.45, 2.75) is 58.4 Å². The molecule has 0 spiro atoms. The number of hydrogen-bond acceptors (Lipinski definition) is 8. The quantitative estimate of drug-likeness (QED) is 0.442. The van der Waals surface area contributed by atoms with Crippen molar-refractivity contribution in [3.8, 4) is 11.3 Å². The molecule has 0 aliphatic carbocycles. The van der Waals surface area contributed by atoms with Gasteiger partial charge in [0.25, 0.3) is 0 Å². The third kappa shape index (κ3) is 4.70. The third-order valence-electron chi connectivity index (χ3n) is 6.85. The van der Waals surface area contributed by atoms with E-state index < -0.39 is 11.6 Å². The highest BCUT2D eigenvalue weighted by atomic mass is 19.1. The molecule has 2 aromatic heterocycles. The van der Waals surface area contributed by atoms with Crippen LogP contribution >= 0.6 is 0 Å². The summed E-state index contributed by atoms with van der Waals surface area (Å²) < 4.78 is 29.7. The van der Waals surface area contributed by atoms with Crippen molar-refractivity contribution in [2.24, 2.45) is 0 Å². The minimum absolute atomic E-state index is 0.0122. The van der Waals surface area contributed by atoms with E-state index in [4.69, 9.17) is 0 Å². The molecule has 0 amide bonds. The van der Waals surface area contributed by atoms with Gasteiger partial charge in [-0.1, -0.05) is 6.07 Å². The zero-order valence-corrected chi connectivity index (χ0v) is 20.7. The summed E-state index contributed by atoms with van der Waals surface area (Å²) >= 11 is 0. The number of aliphatic hydroxyl groups excluding tert-OH is 1. The summed E-state index contributed by atoms with van der Waals surface area (Å²) in [5.74, 6) is -0.411. The van der Waals surface area contributed by atoms with Crippen LogP contribution in [0.15, 0.2) is 36.7 Å². The fraction of sp³-hybridized carbons (Fsp3) is 0.423. The second-order valence-electron chi connectivity index (χ2n) is 9.69. The monoisotopic (exact) mass is 495 g/mol. The fourth-order valence-corrected chi connectivity index (χ4v) is 5.17. The molecule has 190 valence electrons. The molecule has 0 bridgehead atoms. The summed E-state index contributed by atoms with van der Waals surface area (Å²) in [6.45, 7) is 7.86. The molecule has 4 heterocycles. The number of hydrogen-bond donors (Lipinski definition) is 3. The van der Waals surface area contributed by atoms with Crippen LogP contribution in [0.4, 0.5) is 31.9 Å². The van der Waals surface area contributed by atoms with Gasteiger partial charge in [0.15, 0.2) is 5.82 Å². The van der Waals surface area contributed by atoms with Crippen molar-refractivity contribution in [1.82, 2.24) is 19.9 Å². The smallest absolute Gasteiger partial charge is 0.229 e. The Hall–Kier alpha value is -3.37. The lowest BCUT2D eigenvalue weighted by molar-refractivity contribution is 0.153. The van der Waals surface area contributed by atoms with Crippen molar-refractivity contribution >= 4 is 23.1 Å². The Bertz CT molecular complexity index is 1240. The number of nitrogens with one attached hydrogen (secondary N) is 2. The van der Waals surface area contributed by atoms with Gasteiger partial charge in [-0.2, -0.15) is 0 Å². The van der Waals surface area contributed by atoms with Gasteiger partial charge in [-0.15, -0.1) is 0 Å². The molecule has 1 fully saturated rings. The number of nitrogens with zero attached hydrogens (tertiary/aromatic N) is 5. The third-order valence-corrected chi connectivity index (χ3v) is 6.85. The molecule has 1 aromatic carbocycles. The van der Waals surface area contributed by atoms with Gasteiger partial charge in [-0.05, 0) is 63.9 Å². The van der Waals surface area contributed by atoms with E-state index in [1.807, 2.05) is 32.9 Å². The number of benzene rings is 1. The molecule has 2 aliphatic rings. The van der Waals surface area contributed by atoms with Crippen LogP contribution in [0, 0.1) is 11.6 Å². The number of likely N-dealkylation sites (tertiary alicyclic amines) is 1. The van der Waals surface area contributed by atoms with E-state index in [0.29, 0.717) is 22.8 Å². The molecule has 36 heavy (non-hydrogen) atoms. The van der Waals surface area contributed by atoms with Gasteiger partial charge in [0.1, 0.15) is 17.3 Å². The molecular weight excluding hydrogens is 464 g/mol. The second kappa shape index (κ2) is 9.94. The highest BCUT2D eigenvalue weighted by Crippen LogP contribution is 2.41. The maximum atomic E-state index is 15.0. The Morgan fingerprint density at radius 3 is 2.72 bits per heavy atom. The van der Waals surface area contributed by atoms with Gasteiger partial charge in [0.2, 0.25) is 5.95 Å². The van der Waals surface area contributed by atoms with Crippen molar-refractivity contribution < 1.29 is 13.9 Å². The van der Waals surface area contributed by atoms with Crippen molar-refractivity contribution in [3.05, 3.63) is 53.9 Å². The maximum absolute atomic E-state index is 15.0. The lowest BCUT2D eigenvalue weighted by atomic mass is 10.1. The van der Waals surface area contributed by atoms with E-state index in [2.05, 4.69) is 35.4 Å². The number of pyridine rings is 1. The lowest BCUT2D eigenvalue weighted by Crippen LogP contribution is -2.38. The second-order valence-corrected chi connectivity index (χ2v) is 9.69. The Kier molecular flexibility index (Phi) is 6.72. The number of aliphatic hydroxyl groups is 1. The van der Waals surface area contributed by atoms with Crippen LogP contribution in [0.1, 0.15) is 39.2 Å². The van der Waals surface area contributed by atoms with E-state index in [0.717, 1.165) is 37.7 Å². The maximum Gasteiger partial charge on any atom is 0.229 e. The highest BCUT2D eigenvalue weighted by molar-refractivity contribution is 5.82. The van der Waals surface area contributed by atoms with Crippen molar-refractivity contribution in [2.75, 3.05) is 28.7 Å². The fourth-order valence-electron chi connectivity index (χ4n) is 5.17. The van der Waals surface area contributed by atoms with Gasteiger partial charge in [0, 0.05) is 30.4 Å². The number of aromatic nitrogens is 3. The lowest BCUT2D eigenvalue weighted by Gasteiger charge is -2.28. The van der Waals surface area contributed by atoms with Crippen LogP contribution in [0.5, 0.6) is 0 Å². The summed E-state index contributed by atoms with van der Waals surface area (Å²) in [6, 6.07) is 7.15. The average molecular weight is 496 g/mol. The minimum Gasteiger partial charge on any atom is -0.395 e. The standard InChI is InChI=1S/C26H31F2N7O/c1-15(2)35-16(3)31-25-20(27)9-18(10-22(25)35)24-21(28)12-30-26(33-24)32-23-7-6-17(11-29-23)13-34-8-4-5-19(34)14-36/h6-7,9-12,15-16,19,31,36H,4-5,8,13-14H2,1-3H3,(H,29,30,32,33).